The van der Waals surface area contributed by atoms with Crippen LogP contribution < -0.4 is 11.5 Å². The number of nitrogens with two attached hydrogens (primary N) is 2. The van der Waals surface area contributed by atoms with Crippen molar-refractivity contribution in [1.82, 2.24) is 0 Å². The fourth-order valence-corrected chi connectivity index (χ4v) is 2.60. The Morgan fingerprint density at radius 2 is 2.06 bits per heavy atom. The highest BCUT2D eigenvalue weighted by Crippen LogP contribution is 2.44. The van der Waals surface area contributed by atoms with E-state index >= 15 is 0 Å². The summed E-state index contributed by atoms with van der Waals surface area (Å²) in [5.74, 6) is 0.182. The number of aliphatic imine (C=N–C) groups is 1. The van der Waals surface area contributed by atoms with Crippen molar-refractivity contribution < 1.29 is 0 Å². The van der Waals surface area contributed by atoms with Gasteiger partial charge in [-0.15, -0.1) is 24.0 Å². The summed E-state index contributed by atoms with van der Waals surface area (Å²) in [4.78, 5) is 4.18. The molecule has 1 fully saturated rings. The number of benzene rings is 1. The van der Waals surface area contributed by atoms with Crippen molar-refractivity contribution in [3.63, 3.8) is 0 Å². The Hall–Kier alpha value is -0.300. The first-order chi connectivity index (χ1) is 7.62. The molecule has 1 aromatic rings. The van der Waals surface area contributed by atoms with Gasteiger partial charge in [-0.05, 0) is 30.5 Å². The number of guanidine groups is 1. The molecule has 0 heterocycles. The molecule has 1 aromatic carbocycles. The lowest BCUT2D eigenvalue weighted by molar-refractivity contribution is 0.253. The molecule has 17 heavy (non-hydrogen) atoms. The monoisotopic (exact) mass is 409 g/mol. The zero-order valence-corrected chi connectivity index (χ0v) is 13.4. The van der Waals surface area contributed by atoms with E-state index in [1.54, 1.807) is 0 Å². The smallest absolute Gasteiger partial charge is 0.185 e. The molecule has 94 valence electrons. The Morgan fingerprint density at radius 3 is 2.53 bits per heavy atom. The van der Waals surface area contributed by atoms with E-state index in [0.29, 0.717) is 6.54 Å². The molecule has 1 saturated carbocycles. The summed E-state index contributed by atoms with van der Waals surface area (Å²) in [7, 11) is 0. The molecular formula is C12H17BrIN3. The SMILES string of the molecule is I.NC(N)=NCC1(c2cccc(Br)c2)CCC1. The third-order valence-electron chi connectivity index (χ3n) is 3.31. The van der Waals surface area contributed by atoms with Gasteiger partial charge in [0, 0.05) is 9.89 Å². The predicted molar refractivity (Wildman–Crippen MR) is 85.8 cm³/mol. The summed E-state index contributed by atoms with van der Waals surface area (Å²) in [6, 6.07) is 8.43. The van der Waals surface area contributed by atoms with Gasteiger partial charge in [-0.2, -0.15) is 0 Å². The number of rotatable bonds is 3. The third-order valence-corrected chi connectivity index (χ3v) is 3.81. The van der Waals surface area contributed by atoms with Crippen molar-refractivity contribution >= 4 is 45.9 Å². The highest BCUT2D eigenvalue weighted by atomic mass is 127. The van der Waals surface area contributed by atoms with Crippen LogP contribution in [-0.4, -0.2) is 12.5 Å². The lowest BCUT2D eigenvalue weighted by Crippen LogP contribution is -2.38. The van der Waals surface area contributed by atoms with E-state index in [-0.39, 0.29) is 35.4 Å². The molecule has 1 aliphatic carbocycles. The van der Waals surface area contributed by atoms with Crippen LogP contribution in [0.3, 0.4) is 0 Å². The van der Waals surface area contributed by atoms with Gasteiger partial charge < -0.3 is 11.5 Å². The molecular weight excluding hydrogens is 393 g/mol. The Kier molecular flexibility index (Phi) is 5.24. The number of halogens is 2. The number of hydrogen-bond donors (Lipinski definition) is 2. The molecule has 1 aliphatic rings. The first-order valence-corrected chi connectivity index (χ1v) is 6.23. The lowest BCUT2D eigenvalue weighted by Gasteiger charge is -2.41. The zero-order valence-electron chi connectivity index (χ0n) is 9.53. The molecule has 4 N–H and O–H groups in total. The third kappa shape index (κ3) is 3.34. The van der Waals surface area contributed by atoms with Gasteiger partial charge in [0.1, 0.15) is 0 Å². The van der Waals surface area contributed by atoms with E-state index in [0.717, 1.165) is 4.47 Å². The molecule has 0 radical (unpaired) electrons. The number of hydrogen-bond acceptors (Lipinski definition) is 1. The minimum absolute atomic E-state index is 0. The van der Waals surface area contributed by atoms with Gasteiger partial charge in [-0.3, -0.25) is 4.99 Å². The van der Waals surface area contributed by atoms with E-state index in [1.807, 2.05) is 6.07 Å². The molecule has 3 nitrogen and oxygen atoms in total. The summed E-state index contributed by atoms with van der Waals surface area (Å²) >= 11 is 3.50. The second kappa shape index (κ2) is 6.04. The van der Waals surface area contributed by atoms with Crippen molar-refractivity contribution in [3.8, 4) is 0 Å². The van der Waals surface area contributed by atoms with Gasteiger partial charge >= 0.3 is 0 Å². The van der Waals surface area contributed by atoms with E-state index in [9.17, 15) is 0 Å². The Morgan fingerprint density at radius 1 is 1.35 bits per heavy atom. The maximum atomic E-state index is 5.40. The molecule has 0 unspecified atom stereocenters. The van der Waals surface area contributed by atoms with Crippen LogP contribution in [0.5, 0.6) is 0 Å². The van der Waals surface area contributed by atoms with Gasteiger partial charge in [0.25, 0.3) is 0 Å². The molecule has 2 rings (SSSR count). The van der Waals surface area contributed by atoms with Gasteiger partial charge in [0.2, 0.25) is 0 Å². The topological polar surface area (TPSA) is 64.4 Å². The molecule has 0 atom stereocenters. The first-order valence-electron chi connectivity index (χ1n) is 5.44. The van der Waals surface area contributed by atoms with Crippen LogP contribution in [0.1, 0.15) is 24.8 Å². The number of nitrogens with zero attached hydrogens (tertiary/aromatic N) is 1. The minimum Gasteiger partial charge on any atom is -0.370 e. The second-order valence-electron chi connectivity index (χ2n) is 4.39. The van der Waals surface area contributed by atoms with E-state index < -0.39 is 0 Å². The van der Waals surface area contributed by atoms with Crippen LogP contribution in [0.4, 0.5) is 0 Å². The normalized spacial score (nSPS) is 16.5. The lowest BCUT2D eigenvalue weighted by atomic mass is 9.64. The van der Waals surface area contributed by atoms with Crippen LogP contribution >= 0.6 is 39.9 Å². The summed E-state index contributed by atoms with van der Waals surface area (Å²) in [5, 5.41) is 0. The standard InChI is InChI=1S/C12H16BrN3.HI/c13-10-4-1-3-9(7-10)12(5-2-6-12)8-16-11(14)15;/h1,3-4,7H,2,5-6,8H2,(H4,14,15,16);1H. The zero-order chi connectivity index (χ0) is 11.6. The molecule has 0 bridgehead atoms. The van der Waals surface area contributed by atoms with E-state index in [2.05, 4.69) is 39.1 Å². The Balaban J connectivity index is 0.00000144. The average Bonchev–Trinajstić information content (AvgIpc) is 2.15. The van der Waals surface area contributed by atoms with Crippen molar-refractivity contribution in [3.05, 3.63) is 34.3 Å². The largest absolute Gasteiger partial charge is 0.370 e. The fourth-order valence-electron chi connectivity index (χ4n) is 2.20. The van der Waals surface area contributed by atoms with Crippen molar-refractivity contribution in [2.24, 2.45) is 16.5 Å². The Bertz CT molecular complexity index is 412. The van der Waals surface area contributed by atoms with E-state index in [1.165, 1.54) is 24.8 Å². The fraction of sp³-hybridized carbons (Fsp3) is 0.417. The van der Waals surface area contributed by atoms with Crippen molar-refractivity contribution in [2.75, 3.05) is 6.54 Å². The molecule has 0 amide bonds. The average molecular weight is 410 g/mol. The quantitative estimate of drug-likeness (QED) is 0.458. The molecule has 5 heteroatoms. The van der Waals surface area contributed by atoms with Crippen LogP contribution in [-0.2, 0) is 5.41 Å². The molecule has 0 aliphatic heterocycles. The van der Waals surface area contributed by atoms with Crippen molar-refractivity contribution in [2.45, 2.75) is 24.7 Å². The highest BCUT2D eigenvalue weighted by Gasteiger charge is 2.38. The maximum absolute atomic E-state index is 5.40. The van der Waals surface area contributed by atoms with E-state index in [4.69, 9.17) is 11.5 Å². The van der Waals surface area contributed by atoms with Gasteiger partial charge in [-0.1, -0.05) is 34.5 Å². The Labute approximate surface area is 127 Å². The van der Waals surface area contributed by atoms with Crippen LogP contribution in [0.25, 0.3) is 0 Å². The molecule has 0 spiro atoms. The molecule has 0 saturated heterocycles. The first kappa shape index (κ1) is 14.8. The van der Waals surface area contributed by atoms with Gasteiger partial charge in [0.15, 0.2) is 5.96 Å². The van der Waals surface area contributed by atoms with Crippen LogP contribution in [0.15, 0.2) is 33.7 Å². The van der Waals surface area contributed by atoms with Crippen LogP contribution in [0.2, 0.25) is 0 Å². The summed E-state index contributed by atoms with van der Waals surface area (Å²) in [6.07, 6.45) is 3.59. The summed E-state index contributed by atoms with van der Waals surface area (Å²) in [6.45, 7) is 0.700. The molecule has 0 aromatic heterocycles. The predicted octanol–water partition coefficient (Wildman–Crippen LogP) is 2.76. The summed E-state index contributed by atoms with van der Waals surface area (Å²) < 4.78 is 1.11. The van der Waals surface area contributed by atoms with Gasteiger partial charge in [-0.25, -0.2) is 0 Å². The summed E-state index contributed by atoms with van der Waals surface area (Å²) in [5.41, 5.74) is 12.3. The van der Waals surface area contributed by atoms with Crippen LogP contribution in [0, 0.1) is 0 Å². The minimum atomic E-state index is 0. The van der Waals surface area contributed by atoms with Gasteiger partial charge in [0.05, 0.1) is 6.54 Å². The maximum Gasteiger partial charge on any atom is 0.185 e. The van der Waals surface area contributed by atoms with Crippen molar-refractivity contribution in [1.29, 1.82) is 0 Å². The highest BCUT2D eigenvalue weighted by molar-refractivity contribution is 14.0. The second-order valence-corrected chi connectivity index (χ2v) is 5.30.